The quantitative estimate of drug-likeness (QED) is 0.278. The van der Waals surface area contributed by atoms with Gasteiger partial charge in [-0.3, -0.25) is 28.9 Å². The summed E-state index contributed by atoms with van der Waals surface area (Å²) in [5, 5.41) is 18.9. The van der Waals surface area contributed by atoms with Crippen molar-refractivity contribution < 1.29 is 43.0 Å². The molecule has 13 heteroatoms. The number of hydrogen-bond donors (Lipinski definition) is 2. The molecule has 0 spiro atoms. The van der Waals surface area contributed by atoms with Crippen molar-refractivity contribution in [2.45, 2.75) is 41.3 Å². The zero-order valence-electron chi connectivity index (χ0n) is 22.3. The second-order valence-corrected chi connectivity index (χ2v) is 12.5. The van der Waals surface area contributed by atoms with E-state index in [1.807, 2.05) is 0 Å². The Balaban J connectivity index is 1.49. The number of allylic oxidation sites excluding steroid dienone is 2. The van der Waals surface area contributed by atoms with Gasteiger partial charge >= 0.3 is 5.97 Å². The lowest BCUT2D eigenvalue weighted by molar-refractivity contribution is -0.142. The van der Waals surface area contributed by atoms with E-state index in [1.165, 1.54) is 18.2 Å². The molecule has 43 heavy (non-hydrogen) atoms. The van der Waals surface area contributed by atoms with E-state index in [-0.39, 0.29) is 43.5 Å². The molecular formula is C30H24Cl2F2N2O7. The fourth-order valence-corrected chi connectivity index (χ4v) is 8.08. The Kier molecular flexibility index (Phi) is 6.89. The van der Waals surface area contributed by atoms with Crippen LogP contribution in [0.2, 0.25) is 0 Å². The summed E-state index contributed by atoms with van der Waals surface area (Å²) in [6.45, 7) is -0.104. The molecule has 1 saturated carbocycles. The Morgan fingerprint density at radius 2 is 1.67 bits per heavy atom. The smallest absolute Gasteiger partial charge is 0.303 e. The number of carboxylic acid groups (broad SMARTS) is 1. The molecule has 2 aromatic carbocycles. The van der Waals surface area contributed by atoms with Crippen molar-refractivity contribution >= 4 is 58.5 Å². The van der Waals surface area contributed by atoms with Crippen molar-refractivity contribution in [3.8, 4) is 5.75 Å². The number of anilines is 1. The van der Waals surface area contributed by atoms with Gasteiger partial charge in [0.1, 0.15) is 5.82 Å². The summed E-state index contributed by atoms with van der Waals surface area (Å²) in [6.07, 6.45) is 1.25. The third kappa shape index (κ3) is 4.11. The SMILES string of the molecule is O=C(O)CCCN1C(=O)C2CC=C3C(CC4(Cl)C(=O)N(c5ccc(F)cc5)C(=O)C4(Cl)C3c3ccc(O)c(F)c3)C2C1=O. The van der Waals surface area contributed by atoms with Gasteiger partial charge in [-0.1, -0.05) is 17.7 Å². The van der Waals surface area contributed by atoms with Gasteiger partial charge in [-0.25, -0.2) is 13.7 Å². The highest BCUT2D eigenvalue weighted by Crippen LogP contribution is 2.65. The summed E-state index contributed by atoms with van der Waals surface area (Å²) >= 11 is 14.4. The molecule has 2 aromatic rings. The molecule has 0 aromatic heterocycles. The maximum absolute atomic E-state index is 14.7. The van der Waals surface area contributed by atoms with Gasteiger partial charge in [-0.2, -0.15) is 0 Å². The minimum absolute atomic E-state index is 0.00745. The van der Waals surface area contributed by atoms with E-state index in [0.29, 0.717) is 5.57 Å². The molecule has 2 saturated heterocycles. The van der Waals surface area contributed by atoms with Gasteiger partial charge in [0.15, 0.2) is 21.3 Å². The Hall–Kier alpha value is -3.83. The molecule has 2 heterocycles. The van der Waals surface area contributed by atoms with E-state index in [0.717, 1.165) is 34.1 Å². The van der Waals surface area contributed by atoms with E-state index >= 15 is 0 Å². The molecule has 3 fully saturated rings. The topological polar surface area (TPSA) is 132 Å². The summed E-state index contributed by atoms with van der Waals surface area (Å²) in [5.41, 5.74) is 0.545. The first-order valence-corrected chi connectivity index (χ1v) is 14.3. The predicted molar refractivity (Wildman–Crippen MR) is 148 cm³/mol. The van der Waals surface area contributed by atoms with Gasteiger partial charge in [0.25, 0.3) is 11.8 Å². The summed E-state index contributed by atoms with van der Waals surface area (Å²) in [5.74, 6) is -10.2. The number of carbonyl (C=O) groups is 5. The summed E-state index contributed by atoms with van der Waals surface area (Å²) in [7, 11) is 0. The molecule has 2 aliphatic carbocycles. The number of carbonyl (C=O) groups excluding carboxylic acids is 4. The first-order chi connectivity index (χ1) is 20.3. The highest BCUT2D eigenvalue weighted by Gasteiger charge is 2.76. The number of carboxylic acids is 1. The van der Waals surface area contributed by atoms with Crippen molar-refractivity contribution in [3.63, 3.8) is 0 Å². The Morgan fingerprint density at radius 1 is 0.977 bits per heavy atom. The van der Waals surface area contributed by atoms with Crippen molar-refractivity contribution in [2.75, 3.05) is 11.4 Å². The van der Waals surface area contributed by atoms with Crippen LogP contribution in [0.25, 0.3) is 0 Å². The maximum Gasteiger partial charge on any atom is 0.303 e. The molecule has 224 valence electrons. The standard InChI is InChI=1S/C30H24Cl2F2N2O7/c31-29-13-19-17(8-9-18-23(19)26(41)35(25(18)40)11-1-2-22(38)39)24(14-3-10-21(37)20(34)12-14)30(29,32)28(43)36(27(29)42)16-6-4-15(33)5-7-16/h3-8,10,12,18-19,23-24,37H,1-2,9,11,13H2,(H,38,39). The Bertz CT molecular complexity index is 1630. The van der Waals surface area contributed by atoms with Gasteiger partial charge in [-0.15, -0.1) is 23.2 Å². The van der Waals surface area contributed by atoms with Crippen LogP contribution in [0.15, 0.2) is 54.1 Å². The minimum Gasteiger partial charge on any atom is -0.505 e. The van der Waals surface area contributed by atoms with Crippen LogP contribution >= 0.6 is 23.2 Å². The highest BCUT2D eigenvalue weighted by atomic mass is 35.5. The van der Waals surface area contributed by atoms with E-state index in [4.69, 9.17) is 28.3 Å². The molecule has 0 bridgehead atoms. The highest BCUT2D eigenvalue weighted by molar-refractivity contribution is 6.58. The fourth-order valence-electron chi connectivity index (χ4n) is 7.15. The summed E-state index contributed by atoms with van der Waals surface area (Å²) in [6, 6.07) is 7.95. The number of aliphatic carboxylic acids is 1. The zero-order valence-corrected chi connectivity index (χ0v) is 23.8. The first-order valence-electron chi connectivity index (χ1n) is 13.6. The van der Waals surface area contributed by atoms with Crippen LogP contribution in [0, 0.1) is 29.4 Å². The molecule has 2 aliphatic heterocycles. The number of imide groups is 2. The maximum atomic E-state index is 14.7. The number of nitrogens with zero attached hydrogens (tertiary/aromatic N) is 2. The predicted octanol–water partition coefficient (Wildman–Crippen LogP) is 4.10. The molecule has 0 radical (unpaired) electrons. The van der Waals surface area contributed by atoms with Gasteiger partial charge in [0.05, 0.1) is 17.5 Å². The van der Waals surface area contributed by atoms with E-state index in [9.17, 15) is 37.9 Å². The Labute approximate surface area is 253 Å². The second kappa shape index (κ2) is 10.1. The van der Waals surface area contributed by atoms with Gasteiger partial charge < -0.3 is 10.2 Å². The number of alkyl halides is 2. The van der Waals surface area contributed by atoms with Crippen LogP contribution in [0.5, 0.6) is 5.75 Å². The molecule has 6 rings (SSSR count). The van der Waals surface area contributed by atoms with Crippen LogP contribution < -0.4 is 4.90 Å². The second-order valence-electron chi connectivity index (χ2n) is 11.3. The number of benzene rings is 2. The van der Waals surface area contributed by atoms with Crippen LogP contribution in [-0.2, 0) is 24.0 Å². The average molecular weight is 633 g/mol. The lowest BCUT2D eigenvalue weighted by Gasteiger charge is -2.50. The number of rotatable bonds is 6. The van der Waals surface area contributed by atoms with Crippen LogP contribution in [0.3, 0.4) is 0 Å². The van der Waals surface area contributed by atoms with Crippen molar-refractivity contribution in [3.05, 3.63) is 71.3 Å². The molecule has 4 aliphatic rings. The number of phenols is 1. The lowest BCUT2D eigenvalue weighted by Crippen LogP contribution is -2.60. The number of amides is 4. The normalized spacial score (nSPS) is 31.6. The van der Waals surface area contributed by atoms with Gasteiger partial charge in [0.2, 0.25) is 11.8 Å². The van der Waals surface area contributed by atoms with Crippen molar-refractivity contribution in [2.24, 2.45) is 17.8 Å². The molecule has 4 amide bonds. The zero-order chi connectivity index (χ0) is 31.0. The van der Waals surface area contributed by atoms with E-state index in [1.54, 1.807) is 6.08 Å². The number of fused-ring (bicyclic) bond motifs is 4. The van der Waals surface area contributed by atoms with Gasteiger partial charge in [-0.05, 0) is 67.1 Å². The number of halogens is 4. The number of phenolic OH excluding ortho intramolecular Hbond substituents is 1. The number of aromatic hydroxyl groups is 1. The van der Waals surface area contributed by atoms with Crippen LogP contribution in [0.4, 0.5) is 14.5 Å². The molecular weight excluding hydrogens is 609 g/mol. The van der Waals surface area contributed by atoms with Crippen LogP contribution in [-0.4, -0.2) is 61.0 Å². The third-order valence-corrected chi connectivity index (χ3v) is 10.5. The molecule has 6 atom stereocenters. The summed E-state index contributed by atoms with van der Waals surface area (Å²) in [4.78, 5) is 63.7. The Morgan fingerprint density at radius 3 is 2.33 bits per heavy atom. The third-order valence-electron chi connectivity index (χ3n) is 9.06. The monoisotopic (exact) mass is 632 g/mol. The van der Waals surface area contributed by atoms with Crippen LogP contribution in [0.1, 0.15) is 37.2 Å². The number of hydrogen-bond acceptors (Lipinski definition) is 6. The number of likely N-dealkylation sites (tertiary alicyclic amines) is 1. The lowest BCUT2D eigenvalue weighted by atomic mass is 9.56. The fraction of sp³-hybridized carbons (Fsp3) is 0.367. The summed E-state index contributed by atoms with van der Waals surface area (Å²) < 4.78 is 28.5. The van der Waals surface area contributed by atoms with Crippen molar-refractivity contribution in [1.29, 1.82) is 0 Å². The van der Waals surface area contributed by atoms with Crippen molar-refractivity contribution in [1.82, 2.24) is 4.90 Å². The molecule has 2 N–H and O–H groups in total. The van der Waals surface area contributed by atoms with E-state index in [2.05, 4.69) is 0 Å². The molecule has 9 nitrogen and oxygen atoms in total. The minimum atomic E-state index is -2.23. The molecule has 6 unspecified atom stereocenters. The average Bonchev–Trinajstić information content (AvgIpc) is 3.29. The first kappa shape index (κ1) is 29.3. The van der Waals surface area contributed by atoms with E-state index < -0.39 is 80.4 Å². The largest absolute Gasteiger partial charge is 0.505 e. The van der Waals surface area contributed by atoms with Gasteiger partial charge in [0, 0.05) is 18.9 Å².